The van der Waals surface area contributed by atoms with Gasteiger partial charge in [-0.2, -0.15) is 0 Å². The van der Waals surface area contributed by atoms with Crippen molar-refractivity contribution in [3.63, 3.8) is 0 Å². The number of anilines is 2. The maximum Gasteiger partial charge on any atom is 0.312 e. The molecule has 1 fully saturated rings. The minimum absolute atomic E-state index is 0.0979. The standard InChI is InChI=1S/C18H27N5O4/c1-12(2)16(22-18(19)26)17(25)21-14-5-3-13(4-6-14)20-15(24)11-23-7-9-27-10-8-23/h3-6,12,16H,7-11H2,1-2H3,(H,20,24)(H,21,25)(H3,19,22,26)/t16-/m0/s1. The minimum Gasteiger partial charge on any atom is -0.379 e. The molecule has 9 nitrogen and oxygen atoms in total. The Morgan fingerprint density at radius 2 is 1.63 bits per heavy atom. The van der Waals surface area contributed by atoms with Crippen LogP contribution < -0.4 is 21.7 Å². The number of primary amides is 1. The van der Waals surface area contributed by atoms with Gasteiger partial charge in [0.15, 0.2) is 0 Å². The lowest BCUT2D eigenvalue weighted by Gasteiger charge is -2.25. The first-order chi connectivity index (χ1) is 12.8. The van der Waals surface area contributed by atoms with E-state index in [0.717, 1.165) is 13.1 Å². The highest BCUT2D eigenvalue weighted by molar-refractivity contribution is 5.97. The molecule has 1 aromatic carbocycles. The first-order valence-corrected chi connectivity index (χ1v) is 8.92. The van der Waals surface area contributed by atoms with E-state index in [1.807, 2.05) is 18.7 Å². The van der Waals surface area contributed by atoms with Crippen LogP contribution in [-0.2, 0) is 14.3 Å². The maximum absolute atomic E-state index is 12.3. The number of nitrogens with one attached hydrogen (secondary N) is 3. The summed E-state index contributed by atoms with van der Waals surface area (Å²) in [6, 6.07) is 5.31. The summed E-state index contributed by atoms with van der Waals surface area (Å²) in [5.41, 5.74) is 6.31. The molecule has 1 aliphatic rings. The molecular weight excluding hydrogens is 350 g/mol. The van der Waals surface area contributed by atoms with Gasteiger partial charge in [0, 0.05) is 24.5 Å². The Morgan fingerprint density at radius 1 is 1.07 bits per heavy atom. The second-order valence-corrected chi connectivity index (χ2v) is 6.73. The lowest BCUT2D eigenvalue weighted by molar-refractivity contribution is -0.119. The van der Waals surface area contributed by atoms with Crippen LogP contribution in [-0.4, -0.2) is 61.6 Å². The van der Waals surface area contributed by atoms with Crippen LogP contribution in [0, 0.1) is 5.92 Å². The van der Waals surface area contributed by atoms with Gasteiger partial charge >= 0.3 is 6.03 Å². The predicted octanol–water partition coefficient (Wildman–Crippen LogP) is 0.589. The smallest absolute Gasteiger partial charge is 0.312 e. The van der Waals surface area contributed by atoms with Crippen molar-refractivity contribution in [2.75, 3.05) is 43.5 Å². The van der Waals surface area contributed by atoms with E-state index in [4.69, 9.17) is 10.5 Å². The van der Waals surface area contributed by atoms with Gasteiger partial charge in [0.2, 0.25) is 11.8 Å². The molecule has 1 heterocycles. The Morgan fingerprint density at radius 3 is 2.15 bits per heavy atom. The van der Waals surface area contributed by atoms with Crippen molar-refractivity contribution in [1.29, 1.82) is 0 Å². The molecule has 0 unspecified atom stereocenters. The van der Waals surface area contributed by atoms with Gasteiger partial charge in [-0.25, -0.2) is 4.79 Å². The summed E-state index contributed by atoms with van der Waals surface area (Å²) in [5, 5.41) is 7.99. The molecule has 0 spiro atoms. The van der Waals surface area contributed by atoms with Crippen molar-refractivity contribution in [2.24, 2.45) is 11.7 Å². The van der Waals surface area contributed by atoms with Crippen LogP contribution in [0.2, 0.25) is 0 Å². The zero-order valence-electron chi connectivity index (χ0n) is 15.7. The fourth-order valence-electron chi connectivity index (χ4n) is 2.71. The molecule has 5 N–H and O–H groups in total. The Hall–Kier alpha value is -2.65. The molecule has 1 saturated heterocycles. The molecule has 0 aliphatic carbocycles. The predicted molar refractivity (Wildman–Crippen MR) is 102 cm³/mol. The first-order valence-electron chi connectivity index (χ1n) is 8.92. The summed E-state index contributed by atoms with van der Waals surface area (Å²) in [7, 11) is 0. The molecule has 0 radical (unpaired) electrons. The van der Waals surface area contributed by atoms with Gasteiger partial charge < -0.3 is 26.4 Å². The molecule has 4 amide bonds. The fourth-order valence-corrected chi connectivity index (χ4v) is 2.71. The van der Waals surface area contributed by atoms with Crippen LogP contribution in [0.5, 0.6) is 0 Å². The van der Waals surface area contributed by atoms with Crippen LogP contribution in [0.25, 0.3) is 0 Å². The van der Waals surface area contributed by atoms with Gasteiger partial charge in [-0.1, -0.05) is 13.8 Å². The molecule has 9 heteroatoms. The van der Waals surface area contributed by atoms with Gasteiger partial charge in [0.25, 0.3) is 0 Å². The zero-order valence-corrected chi connectivity index (χ0v) is 15.7. The van der Waals surface area contributed by atoms with Crippen molar-refractivity contribution in [3.8, 4) is 0 Å². The van der Waals surface area contributed by atoms with Gasteiger partial charge in [-0.3, -0.25) is 14.5 Å². The topological polar surface area (TPSA) is 126 Å². The van der Waals surface area contributed by atoms with E-state index in [1.54, 1.807) is 24.3 Å². The number of amides is 4. The Balaban J connectivity index is 1.87. The molecule has 0 saturated carbocycles. The van der Waals surface area contributed by atoms with Gasteiger partial charge in [-0.15, -0.1) is 0 Å². The van der Waals surface area contributed by atoms with E-state index in [0.29, 0.717) is 31.1 Å². The number of rotatable bonds is 7. The number of morpholine rings is 1. The Labute approximate surface area is 158 Å². The normalized spacial score (nSPS) is 15.8. The SMILES string of the molecule is CC(C)[C@H](NC(N)=O)C(=O)Nc1ccc(NC(=O)CN2CCOCC2)cc1. The van der Waals surface area contributed by atoms with Crippen LogP contribution in [0.15, 0.2) is 24.3 Å². The summed E-state index contributed by atoms with van der Waals surface area (Å²) < 4.78 is 5.26. The third kappa shape index (κ3) is 6.87. The first kappa shape index (κ1) is 20.7. The second-order valence-electron chi connectivity index (χ2n) is 6.73. The third-order valence-electron chi connectivity index (χ3n) is 4.15. The van der Waals surface area contributed by atoms with Crippen LogP contribution >= 0.6 is 0 Å². The number of benzene rings is 1. The van der Waals surface area contributed by atoms with Gasteiger partial charge in [-0.05, 0) is 30.2 Å². The van der Waals surface area contributed by atoms with Crippen LogP contribution in [0.4, 0.5) is 16.2 Å². The highest BCUT2D eigenvalue weighted by atomic mass is 16.5. The number of urea groups is 1. The van der Waals surface area contributed by atoms with E-state index in [-0.39, 0.29) is 17.7 Å². The monoisotopic (exact) mass is 377 g/mol. The van der Waals surface area contributed by atoms with Gasteiger partial charge in [0.1, 0.15) is 6.04 Å². The highest BCUT2D eigenvalue weighted by Gasteiger charge is 2.23. The molecule has 0 bridgehead atoms. The van der Waals surface area contributed by atoms with Crippen LogP contribution in [0.3, 0.4) is 0 Å². The van der Waals surface area contributed by atoms with Crippen molar-refractivity contribution in [2.45, 2.75) is 19.9 Å². The molecule has 1 aromatic rings. The number of carbonyl (C=O) groups excluding carboxylic acids is 3. The summed E-state index contributed by atoms with van der Waals surface area (Å²) in [6.07, 6.45) is 0. The highest BCUT2D eigenvalue weighted by Crippen LogP contribution is 2.15. The number of nitrogens with zero attached hydrogens (tertiary/aromatic N) is 1. The summed E-state index contributed by atoms with van der Waals surface area (Å²) >= 11 is 0. The van der Waals surface area contributed by atoms with E-state index in [2.05, 4.69) is 16.0 Å². The molecular formula is C18H27N5O4. The fraction of sp³-hybridized carbons (Fsp3) is 0.500. The summed E-state index contributed by atoms with van der Waals surface area (Å²) in [6.45, 7) is 6.72. The van der Waals surface area contributed by atoms with Crippen molar-refractivity contribution in [3.05, 3.63) is 24.3 Å². The quantitative estimate of drug-likeness (QED) is 0.553. The van der Waals surface area contributed by atoms with E-state index >= 15 is 0 Å². The molecule has 2 rings (SSSR count). The Bertz CT molecular complexity index is 656. The van der Waals surface area contributed by atoms with E-state index in [1.165, 1.54) is 0 Å². The lowest BCUT2D eigenvalue weighted by Crippen LogP contribution is -2.49. The average molecular weight is 377 g/mol. The molecule has 1 aliphatic heterocycles. The third-order valence-corrected chi connectivity index (χ3v) is 4.15. The Kier molecular flexibility index (Phi) is 7.56. The maximum atomic E-state index is 12.3. The van der Waals surface area contributed by atoms with Crippen LogP contribution in [0.1, 0.15) is 13.8 Å². The summed E-state index contributed by atoms with van der Waals surface area (Å²) in [5.74, 6) is -0.566. The number of carbonyl (C=O) groups is 3. The van der Waals surface area contributed by atoms with E-state index < -0.39 is 12.1 Å². The number of nitrogens with two attached hydrogens (primary N) is 1. The largest absolute Gasteiger partial charge is 0.379 e. The minimum atomic E-state index is -0.748. The molecule has 1 atom stereocenters. The summed E-state index contributed by atoms with van der Waals surface area (Å²) in [4.78, 5) is 37.5. The molecule has 148 valence electrons. The average Bonchev–Trinajstić information content (AvgIpc) is 2.61. The molecule has 27 heavy (non-hydrogen) atoms. The lowest BCUT2D eigenvalue weighted by atomic mass is 10.0. The number of hydrogen-bond donors (Lipinski definition) is 4. The van der Waals surface area contributed by atoms with Crippen molar-refractivity contribution >= 4 is 29.2 Å². The molecule has 0 aromatic heterocycles. The second kappa shape index (κ2) is 9.89. The zero-order chi connectivity index (χ0) is 19.8. The van der Waals surface area contributed by atoms with E-state index in [9.17, 15) is 14.4 Å². The van der Waals surface area contributed by atoms with Gasteiger partial charge in [0.05, 0.1) is 19.8 Å². The van der Waals surface area contributed by atoms with Crippen molar-refractivity contribution in [1.82, 2.24) is 10.2 Å². The number of ether oxygens (including phenoxy) is 1. The number of hydrogen-bond acceptors (Lipinski definition) is 5. The van der Waals surface area contributed by atoms with Crippen molar-refractivity contribution < 1.29 is 19.1 Å².